The average Bonchev–Trinajstić information content (AvgIpc) is 3.29. The largest absolute Gasteiger partial charge is 0.489 e. The fraction of sp³-hybridized carbons (Fsp3) is 0.348. The first kappa shape index (κ1) is 21.3. The Morgan fingerprint density at radius 2 is 1.97 bits per heavy atom. The Bertz CT molecular complexity index is 1220. The number of nitrogens with one attached hydrogen (secondary N) is 1. The van der Waals surface area contributed by atoms with Gasteiger partial charge >= 0.3 is 0 Å². The Labute approximate surface area is 193 Å². The number of benzene rings is 1. The molecule has 0 saturated carbocycles. The Morgan fingerprint density at radius 1 is 1.22 bits per heavy atom. The van der Waals surface area contributed by atoms with E-state index in [1.807, 2.05) is 25.1 Å². The average molecular weight is 474 g/mol. The molecule has 9 heteroatoms. The molecule has 3 aromatic rings. The van der Waals surface area contributed by atoms with Gasteiger partial charge in [0, 0.05) is 53.2 Å². The molecule has 2 fully saturated rings. The molecule has 6 nitrogen and oxygen atoms in total. The summed E-state index contributed by atoms with van der Waals surface area (Å²) in [6, 6.07) is 7.39. The van der Waals surface area contributed by atoms with Crippen LogP contribution in [-0.2, 0) is 16.1 Å². The molecule has 0 radical (unpaired) electrons. The van der Waals surface area contributed by atoms with Crippen LogP contribution in [0.3, 0.4) is 0 Å². The molecular formula is C23H21ClFN3O3S. The molecular weight excluding hydrogens is 453 g/mol. The maximum atomic E-state index is 14.6. The summed E-state index contributed by atoms with van der Waals surface area (Å²) in [5.74, 6) is 0.297. The molecule has 0 spiro atoms. The van der Waals surface area contributed by atoms with Crippen molar-refractivity contribution in [2.75, 3.05) is 19.7 Å². The van der Waals surface area contributed by atoms with Crippen LogP contribution in [0.15, 0.2) is 30.5 Å². The van der Waals surface area contributed by atoms with Crippen molar-refractivity contribution in [2.24, 2.45) is 0 Å². The quantitative estimate of drug-likeness (QED) is 0.541. The lowest BCUT2D eigenvalue weighted by molar-refractivity contribution is -0.138. The molecule has 166 valence electrons. The standard InChI is InChI=1S/C23H21ClFN3O3S/c1-13-6-14(24)7-17(21(13)31-12-23(25)10-26-11-23)16-4-5-27-18-8-15(32-22(16)18)9-28-19(29)2-3-20(28)30/h4-8,26H,2-3,9-12H2,1H3. The van der Waals surface area contributed by atoms with Gasteiger partial charge in [-0.3, -0.25) is 19.5 Å². The second kappa shape index (κ2) is 8.10. The zero-order valence-electron chi connectivity index (χ0n) is 17.4. The minimum absolute atomic E-state index is 0.0431. The van der Waals surface area contributed by atoms with Gasteiger partial charge in [-0.2, -0.15) is 0 Å². The predicted octanol–water partition coefficient (Wildman–Crippen LogP) is 4.26. The number of hydrogen-bond donors (Lipinski definition) is 1. The molecule has 0 atom stereocenters. The van der Waals surface area contributed by atoms with E-state index in [4.69, 9.17) is 16.3 Å². The van der Waals surface area contributed by atoms with Crippen LogP contribution in [0.5, 0.6) is 5.75 Å². The van der Waals surface area contributed by atoms with Crippen LogP contribution in [0.2, 0.25) is 5.02 Å². The van der Waals surface area contributed by atoms with E-state index in [1.165, 1.54) is 16.2 Å². The van der Waals surface area contributed by atoms with E-state index in [1.54, 1.807) is 12.3 Å². The van der Waals surface area contributed by atoms with Crippen molar-refractivity contribution in [3.05, 3.63) is 45.9 Å². The topological polar surface area (TPSA) is 71.5 Å². The van der Waals surface area contributed by atoms with Crippen LogP contribution >= 0.6 is 22.9 Å². The minimum Gasteiger partial charge on any atom is -0.489 e. The summed E-state index contributed by atoms with van der Waals surface area (Å²) < 4.78 is 21.5. The van der Waals surface area contributed by atoms with Crippen LogP contribution in [0.1, 0.15) is 23.3 Å². The van der Waals surface area contributed by atoms with E-state index in [-0.39, 0.29) is 50.9 Å². The van der Waals surface area contributed by atoms with Crippen molar-refractivity contribution in [1.29, 1.82) is 0 Å². The van der Waals surface area contributed by atoms with Gasteiger partial charge in [-0.15, -0.1) is 11.3 Å². The maximum Gasteiger partial charge on any atom is 0.230 e. The number of pyridine rings is 1. The highest BCUT2D eigenvalue weighted by Gasteiger charge is 2.38. The lowest BCUT2D eigenvalue weighted by Gasteiger charge is -2.34. The molecule has 0 bridgehead atoms. The second-order valence-corrected chi connectivity index (χ2v) is 9.87. The monoisotopic (exact) mass is 473 g/mol. The van der Waals surface area contributed by atoms with Gasteiger partial charge < -0.3 is 10.1 Å². The number of aromatic nitrogens is 1. The van der Waals surface area contributed by atoms with E-state index < -0.39 is 5.67 Å². The molecule has 32 heavy (non-hydrogen) atoms. The van der Waals surface area contributed by atoms with Gasteiger partial charge in [0.2, 0.25) is 11.8 Å². The summed E-state index contributed by atoms with van der Waals surface area (Å²) in [4.78, 5) is 30.7. The highest BCUT2D eigenvalue weighted by atomic mass is 35.5. The molecule has 2 aromatic heterocycles. The number of rotatable bonds is 6. The molecule has 1 aromatic carbocycles. The number of carbonyl (C=O) groups is 2. The summed E-state index contributed by atoms with van der Waals surface area (Å²) in [5, 5.41) is 3.49. The summed E-state index contributed by atoms with van der Waals surface area (Å²) in [7, 11) is 0. The van der Waals surface area contributed by atoms with Crippen LogP contribution in [-0.4, -0.2) is 47.1 Å². The number of alkyl halides is 1. The summed E-state index contributed by atoms with van der Waals surface area (Å²) in [6.07, 6.45) is 2.23. The zero-order valence-corrected chi connectivity index (χ0v) is 19.0. The molecule has 1 N–H and O–H groups in total. The van der Waals surface area contributed by atoms with E-state index in [0.717, 1.165) is 31.8 Å². The van der Waals surface area contributed by atoms with Gasteiger partial charge in [-0.05, 0) is 36.8 Å². The first-order valence-corrected chi connectivity index (χ1v) is 11.6. The third kappa shape index (κ3) is 3.87. The Balaban J connectivity index is 1.53. The normalized spacial score (nSPS) is 17.8. The number of aryl methyl sites for hydroxylation is 1. The lowest BCUT2D eigenvalue weighted by atomic mass is 10.00. The zero-order chi connectivity index (χ0) is 22.5. The number of ether oxygens (including phenoxy) is 1. The van der Waals surface area contributed by atoms with E-state index in [2.05, 4.69) is 10.3 Å². The van der Waals surface area contributed by atoms with Gasteiger partial charge in [0.05, 0.1) is 16.8 Å². The first-order chi connectivity index (χ1) is 15.3. The van der Waals surface area contributed by atoms with Gasteiger partial charge in [0.25, 0.3) is 0 Å². The van der Waals surface area contributed by atoms with E-state index >= 15 is 0 Å². The van der Waals surface area contributed by atoms with E-state index in [0.29, 0.717) is 10.8 Å². The number of likely N-dealkylation sites (tertiary alicyclic amines) is 1. The molecule has 0 unspecified atom stereocenters. The number of hydrogen-bond acceptors (Lipinski definition) is 6. The van der Waals surface area contributed by atoms with Crippen molar-refractivity contribution >= 4 is 45.0 Å². The van der Waals surface area contributed by atoms with Crippen molar-refractivity contribution in [3.8, 4) is 16.9 Å². The van der Waals surface area contributed by atoms with Crippen molar-refractivity contribution < 1.29 is 18.7 Å². The van der Waals surface area contributed by atoms with Crippen molar-refractivity contribution in [1.82, 2.24) is 15.2 Å². The predicted molar refractivity (Wildman–Crippen MR) is 122 cm³/mol. The molecule has 4 heterocycles. The first-order valence-electron chi connectivity index (χ1n) is 10.4. The molecule has 2 amide bonds. The summed E-state index contributed by atoms with van der Waals surface area (Å²) in [5.41, 5.74) is 1.83. The minimum atomic E-state index is -1.37. The Morgan fingerprint density at radius 3 is 2.66 bits per heavy atom. The fourth-order valence-corrected chi connectivity index (χ4v) is 5.46. The van der Waals surface area contributed by atoms with Gasteiger partial charge in [0.15, 0.2) is 5.67 Å². The molecule has 2 aliphatic heterocycles. The van der Waals surface area contributed by atoms with Crippen LogP contribution in [0.25, 0.3) is 21.3 Å². The SMILES string of the molecule is Cc1cc(Cl)cc(-c2ccnc3cc(CN4C(=O)CCC4=O)sc23)c1OCC1(F)CNC1. The number of halogens is 2. The summed E-state index contributed by atoms with van der Waals surface area (Å²) >= 11 is 7.85. The third-order valence-electron chi connectivity index (χ3n) is 5.82. The smallest absolute Gasteiger partial charge is 0.230 e. The molecule has 2 aliphatic rings. The highest BCUT2D eigenvalue weighted by Crippen LogP contribution is 2.42. The second-order valence-electron chi connectivity index (χ2n) is 8.30. The van der Waals surface area contributed by atoms with E-state index in [9.17, 15) is 14.0 Å². The van der Waals surface area contributed by atoms with Crippen LogP contribution in [0, 0.1) is 6.92 Å². The van der Waals surface area contributed by atoms with Crippen molar-refractivity contribution in [2.45, 2.75) is 32.0 Å². The maximum absolute atomic E-state index is 14.6. The molecule has 0 aliphatic carbocycles. The van der Waals surface area contributed by atoms with Gasteiger partial charge in [0.1, 0.15) is 12.4 Å². The van der Waals surface area contributed by atoms with Crippen LogP contribution < -0.4 is 10.1 Å². The van der Waals surface area contributed by atoms with Gasteiger partial charge in [-0.1, -0.05) is 11.6 Å². The molecule has 2 saturated heterocycles. The number of carbonyl (C=O) groups excluding carboxylic acids is 2. The van der Waals surface area contributed by atoms with Crippen LogP contribution in [0.4, 0.5) is 4.39 Å². The lowest BCUT2D eigenvalue weighted by Crippen LogP contribution is -2.59. The van der Waals surface area contributed by atoms with Gasteiger partial charge in [-0.25, -0.2) is 4.39 Å². The number of thiophene rings is 1. The number of amides is 2. The number of fused-ring (bicyclic) bond motifs is 1. The number of imide groups is 1. The Kier molecular flexibility index (Phi) is 5.39. The molecule has 5 rings (SSSR count). The Hall–Kier alpha value is -2.55. The third-order valence-corrected chi connectivity index (χ3v) is 7.18. The van der Waals surface area contributed by atoms with Crippen molar-refractivity contribution in [3.63, 3.8) is 0 Å². The summed E-state index contributed by atoms with van der Waals surface area (Å²) in [6.45, 7) is 2.64. The highest BCUT2D eigenvalue weighted by molar-refractivity contribution is 7.19. The fourth-order valence-electron chi connectivity index (χ4n) is 4.05. The number of nitrogens with zero attached hydrogens (tertiary/aromatic N) is 2.